The fraction of sp³-hybridized carbons (Fsp3) is 0.600. The lowest BCUT2D eigenvalue weighted by Gasteiger charge is -2.23. The summed E-state index contributed by atoms with van der Waals surface area (Å²) in [7, 11) is 0. The van der Waals surface area contributed by atoms with Crippen LogP contribution in [-0.2, 0) is 4.74 Å². The molecule has 0 saturated heterocycles. The average Bonchev–Trinajstić information content (AvgIpc) is 2.45. The van der Waals surface area contributed by atoms with Gasteiger partial charge in [-0.25, -0.2) is 0 Å². The van der Waals surface area contributed by atoms with Crippen molar-refractivity contribution in [3.8, 4) is 0 Å². The van der Waals surface area contributed by atoms with Gasteiger partial charge >= 0.3 is 0 Å². The molecule has 0 bridgehead atoms. The van der Waals surface area contributed by atoms with E-state index in [1.807, 2.05) is 18.2 Å². The monoisotopic (exact) mass is 405 g/mol. The maximum Gasteiger partial charge on any atom is 0.0945 e. The highest BCUT2D eigenvalue weighted by Crippen LogP contribution is 2.26. The Kier molecular flexibility index (Phi) is 6.81. The Bertz CT molecular complexity index is 422. The minimum Gasteiger partial charge on any atom is -0.389 e. The Balaban J connectivity index is 1.70. The summed E-state index contributed by atoms with van der Waals surface area (Å²) in [5, 5.41) is 13.2. The van der Waals surface area contributed by atoms with Gasteiger partial charge in [0.25, 0.3) is 0 Å². The summed E-state index contributed by atoms with van der Waals surface area (Å²) in [5.41, 5.74) is 0.977. The molecule has 0 aliphatic heterocycles. The van der Waals surface area contributed by atoms with Crippen LogP contribution in [0.15, 0.2) is 27.1 Å². The van der Waals surface area contributed by atoms with Crippen molar-refractivity contribution in [2.45, 2.75) is 44.3 Å². The summed E-state index contributed by atoms with van der Waals surface area (Å²) in [4.78, 5) is 0. The highest BCUT2D eigenvalue weighted by molar-refractivity contribution is 9.11. The van der Waals surface area contributed by atoms with E-state index in [4.69, 9.17) is 4.74 Å². The lowest BCUT2D eigenvalue weighted by atomic mass is 9.98. The maximum absolute atomic E-state index is 9.97. The number of anilines is 1. The van der Waals surface area contributed by atoms with Crippen LogP contribution in [0, 0.1) is 0 Å². The first-order valence-corrected chi connectivity index (χ1v) is 8.72. The Morgan fingerprint density at radius 2 is 2.00 bits per heavy atom. The normalized spacial score (nSPS) is 17.9. The number of aliphatic hydroxyl groups excluding tert-OH is 1. The first-order chi connectivity index (χ1) is 9.65. The second-order valence-electron chi connectivity index (χ2n) is 5.25. The number of hydrogen-bond acceptors (Lipinski definition) is 3. The zero-order valence-corrected chi connectivity index (χ0v) is 14.6. The summed E-state index contributed by atoms with van der Waals surface area (Å²) in [5.74, 6) is 0. The van der Waals surface area contributed by atoms with E-state index in [-0.39, 0.29) is 0 Å². The second kappa shape index (κ2) is 8.37. The molecular weight excluding hydrogens is 386 g/mol. The van der Waals surface area contributed by atoms with Gasteiger partial charge in [-0.3, -0.25) is 0 Å². The largest absolute Gasteiger partial charge is 0.389 e. The van der Waals surface area contributed by atoms with Crippen molar-refractivity contribution in [3.63, 3.8) is 0 Å². The molecule has 1 unspecified atom stereocenters. The Morgan fingerprint density at radius 3 is 2.70 bits per heavy atom. The maximum atomic E-state index is 9.97. The van der Waals surface area contributed by atoms with E-state index >= 15 is 0 Å². The predicted octanol–water partition coefficient (Wildman–Crippen LogP) is 4.33. The number of benzene rings is 1. The van der Waals surface area contributed by atoms with Crippen LogP contribution in [0.4, 0.5) is 5.69 Å². The fourth-order valence-corrected chi connectivity index (χ4v) is 3.59. The highest BCUT2D eigenvalue weighted by Gasteiger charge is 2.15. The van der Waals surface area contributed by atoms with Crippen LogP contribution in [-0.4, -0.2) is 30.5 Å². The van der Waals surface area contributed by atoms with Gasteiger partial charge in [0.1, 0.15) is 0 Å². The molecule has 1 aliphatic rings. The molecule has 0 amide bonds. The number of aliphatic hydroxyl groups is 1. The second-order valence-corrected chi connectivity index (χ2v) is 7.02. The standard InChI is InChI=1S/C15H21Br2NO2/c16-11-6-7-15(14(17)8-11)18-9-12(19)10-20-13-4-2-1-3-5-13/h6-8,12-13,18-19H,1-5,9-10H2. The average molecular weight is 407 g/mol. The molecule has 1 atom stereocenters. The predicted molar refractivity (Wildman–Crippen MR) is 89.2 cm³/mol. The van der Waals surface area contributed by atoms with Crippen molar-refractivity contribution >= 4 is 37.5 Å². The van der Waals surface area contributed by atoms with Crippen molar-refractivity contribution in [2.75, 3.05) is 18.5 Å². The van der Waals surface area contributed by atoms with Crippen LogP contribution in [0.1, 0.15) is 32.1 Å². The molecule has 0 radical (unpaired) electrons. The van der Waals surface area contributed by atoms with Crippen LogP contribution in [0.3, 0.4) is 0 Å². The molecule has 20 heavy (non-hydrogen) atoms. The Morgan fingerprint density at radius 1 is 1.25 bits per heavy atom. The van der Waals surface area contributed by atoms with Gasteiger partial charge in [0.05, 0.1) is 18.8 Å². The smallest absolute Gasteiger partial charge is 0.0945 e. The fourth-order valence-electron chi connectivity index (χ4n) is 2.40. The van der Waals surface area contributed by atoms with Gasteiger partial charge in [0.15, 0.2) is 0 Å². The third-order valence-electron chi connectivity index (χ3n) is 3.54. The summed E-state index contributed by atoms with van der Waals surface area (Å²) in [6.07, 6.45) is 5.97. The number of nitrogens with one attached hydrogen (secondary N) is 1. The lowest BCUT2D eigenvalue weighted by Crippen LogP contribution is -2.28. The first-order valence-electron chi connectivity index (χ1n) is 7.14. The summed E-state index contributed by atoms with van der Waals surface area (Å²) < 4.78 is 7.78. The zero-order chi connectivity index (χ0) is 14.4. The van der Waals surface area contributed by atoms with E-state index in [9.17, 15) is 5.11 Å². The molecule has 0 heterocycles. The van der Waals surface area contributed by atoms with E-state index in [2.05, 4.69) is 37.2 Å². The Hall–Kier alpha value is -0.100. The molecule has 2 N–H and O–H groups in total. The molecule has 1 fully saturated rings. The molecule has 5 heteroatoms. The first kappa shape index (κ1) is 16.3. The van der Waals surface area contributed by atoms with Crippen LogP contribution >= 0.6 is 31.9 Å². The van der Waals surface area contributed by atoms with Gasteiger partial charge in [-0.1, -0.05) is 35.2 Å². The van der Waals surface area contributed by atoms with Crippen molar-refractivity contribution in [2.24, 2.45) is 0 Å². The highest BCUT2D eigenvalue weighted by atomic mass is 79.9. The molecule has 0 aromatic heterocycles. The quantitative estimate of drug-likeness (QED) is 0.738. The van der Waals surface area contributed by atoms with Gasteiger partial charge in [0.2, 0.25) is 0 Å². The third kappa shape index (κ3) is 5.35. The molecule has 2 rings (SSSR count). The molecule has 3 nitrogen and oxygen atoms in total. The summed E-state index contributed by atoms with van der Waals surface area (Å²) >= 11 is 6.91. The number of ether oxygens (including phenoxy) is 1. The molecule has 1 saturated carbocycles. The number of halogens is 2. The van der Waals surface area contributed by atoms with Crippen LogP contribution in [0.25, 0.3) is 0 Å². The summed E-state index contributed by atoms with van der Waals surface area (Å²) in [6, 6.07) is 5.92. The van der Waals surface area contributed by atoms with Gasteiger partial charge in [0, 0.05) is 21.2 Å². The van der Waals surface area contributed by atoms with Crippen molar-refractivity contribution in [1.82, 2.24) is 0 Å². The SMILES string of the molecule is OC(CNc1ccc(Br)cc1Br)COC1CCCCC1. The van der Waals surface area contributed by atoms with E-state index < -0.39 is 6.10 Å². The van der Waals surface area contributed by atoms with Crippen molar-refractivity contribution < 1.29 is 9.84 Å². The van der Waals surface area contributed by atoms with E-state index in [0.29, 0.717) is 19.3 Å². The van der Waals surface area contributed by atoms with Crippen LogP contribution in [0.2, 0.25) is 0 Å². The molecule has 1 aliphatic carbocycles. The number of hydrogen-bond donors (Lipinski definition) is 2. The summed E-state index contributed by atoms with van der Waals surface area (Å²) in [6.45, 7) is 0.902. The number of rotatable bonds is 6. The molecule has 112 valence electrons. The van der Waals surface area contributed by atoms with E-state index in [1.165, 1.54) is 19.3 Å². The molecule has 1 aromatic carbocycles. The van der Waals surface area contributed by atoms with E-state index in [0.717, 1.165) is 27.5 Å². The van der Waals surface area contributed by atoms with E-state index in [1.54, 1.807) is 0 Å². The zero-order valence-electron chi connectivity index (χ0n) is 11.4. The van der Waals surface area contributed by atoms with Crippen molar-refractivity contribution in [3.05, 3.63) is 27.1 Å². The lowest BCUT2D eigenvalue weighted by molar-refractivity contribution is -0.0195. The minimum absolute atomic E-state index is 0.345. The van der Waals surface area contributed by atoms with Crippen LogP contribution < -0.4 is 5.32 Å². The van der Waals surface area contributed by atoms with Crippen LogP contribution in [0.5, 0.6) is 0 Å². The molecule has 0 spiro atoms. The third-order valence-corrected chi connectivity index (χ3v) is 4.69. The van der Waals surface area contributed by atoms with Gasteiger partial charge in [-0.15, -0.1) is 0 Å². The topological polar surface area (TPSA) is 41.5 Å². The van der Waals surface area contributed by atoms with Gasteiger partial charge in [-0.2, -0.15) is 0 Å². The minimum atomic E-state index is -0.479. The van der Waals surface area contributed by atoms with Crippen molar-refractivity contribution in [1.29, 1.82) is 0 Å². The van der Waals surface area contributed by atoms with Gasteiger partial charge < -0.3 is 15.2 Å². The van der Waals surface area contributed by atoms with Gasteiger partial charge in [-0.05, 0) is 47.0 Å². The molecule has 1 aromatic rings. The Labute approximate surface area is 137 Å². The molecular formula is C15H21Br2NO2.